The molecule has 2 saturated heterocycles. The molecule has 2 fully saturated rings. The van der Waals surface area contributed by atoms with Gasteiger partial charge in [0.1, 0.15) is 10.4 Å². The van der Waals surface area contributed by atoms with Crippen molar-refractivity contribution in [2.45, 2.75) is 38.3 Å². The number of pyridine rings is 1. The van der Waals surface area contributed by atoms with Crippen LogP contribution >= 0.6 is 35.3 Å². The zero-order valence-corrected chi connectivity index (χ0v) is 18.4. The fourth-order valence-corrected chi connectivity index (χ4v) is 5.92. The highest BCUT2D eigenvalue weighted by Gasteiger charge is 2.41. The third-order valence-electron chi connectivity index (χ3n) is 5.24. The highest BCUT2D eigenvalue weighted by atomic mass is 32.2. The van der Waals surface area contributed by atoms with Crippen LogP contribution in [-0.4, -0.2) is 43.5 Å². The summed E-state index contributed by atoms with van der Waals surface area (Å²) in [7, 11) is 0. The Kier molecular flexibility index (Phi) is 6.12. The van der Waals surface area contributed by atoms with E-state index in [0.29, 0.717) is 15.8 Å². The van der Waals surface area contributed by atoms with E-state index in [1.54, 1.807) is 24.5 Å². The molecule has 150 valence electrons. The van der Waals surface area contributed by atoms with Crippen LogP contribution in [0.2, 0.25) is 0 Å². The van der Waals surface area contributed by atoms with E-state index in [2.05, 4.69) is 4.98 Å². The number of rotatable bonds is 4. The minimum Gasteiger partial charge on any atom is -0.334 e. The predicted octanol–water partition coefficient (Wildman–Crippen LogP) is 4.49. The molecule has 2 aliphatic rings. The minimum absolute atomic E-state index is 0.00698. The summed E-state index contributed by atoms with van der Waals surface area (Å²) in [5.41, 5.74) is 1.04. The number of carbonyl (C=O) groups is 2. The number of aromatic nitrogens is 1. The van der Waals surface area contributed by atoms with Crippen LogP contribution in [0.1, 0.15) is 42.7 Å². The van der Waals surface area contributed by atoms with Gasteiger partial charge in [-0.25, -0.2) is 0 Å². The van der Waals surface area contributed by atoms with Crippen LogP contribution in [0.5, 0.6) is 0 Å². The fourth-order valence-electron chi connectivity index (χ4n) is 3.78. The van der Waals surface area contributed by atoms with Gasteiger partial charge in [0.15, 0.2) is 0 Å². The number of amides is 2. The molecule has 4 rings (SSSR count). The number of thiophene rings is 1. The normalized spacial score (nSPS) is 22.4. The lowest BCUT2D eigenvalue weighted by Crippen LogP contribution is -2.51. The first-order chi connectivity index (χ1) is 14.1. The first-order valence-corrected chi connectivity index (χ1v) is 11.7. The summed E-state index contributed by atoms with van der Waals surface area (Å²) in [4.78, 5) is 35.5. The molecule has 0 bridgehead atoms. The lowest BCUT2D eigenvalue weighted by Gasteiger charge is -2.38. The molecule has 29 heavy (non-hydrogen) atoms. The Hall–Kier alpha value is -2.03. The second-order valence-corrected chi connectivity index (χ2v) is 9.73. The van der Waals surface area contributed by atoms with E-state index in [4.69, 9.17) is 12.2 Å². The number of carbonyl (C=O) groups excluding carboxylic acids is 2. The van der Waals surface area contributed by atoms with Crippen LogP contribution in [0.25, 0.3) is 6.08 Å². The zero-order chi connectivity index (χ0) is 20.4. The van der Waals surface area contributed by atoms with Gasteiger partial charge in [-0.1, -0.05) is 36.1 Å². The Morgan fingerprint density at radius 1 is 1.34 bits per heavy atom. The number of hydrogen-bond donors (Lipinski definition) is 0. The highest BCUT2D eigenvalue weighted by molar-refractivity contribution is 8.26. The molecule has 0 saturated carbocycles. The maximum absolute atomic E-state index is 13.4. The lowest BCUT2D eigenvalue weighted by molar-refractivity contribution is -0.142. The van der Waals surface area contributed by atoms with Crippen molar-refractivity contribution >= 4 is 57.5 Å². The Balaban J connectivity index is 1.55. The third-order valence-corrected chi connectivity index (χ3v) is 7.39. The number of nitrogens with zero attached hydrogens (tertiary/aromatic N) is 3. The van der Waals surface area contributed by atoms with Gasteiger partial charge in [-0.2, -0.15) is 0 Å². The van der Waals surface area contributed by atoms with E-state index in [9.17, 15) is 9.59 Å². The summed E-state index contributed by atoms with van der Waals surface area (Å²) in [5, 5.41) is 1.97. The lowest BCUT2D eigenvalue weighted by atomic mass is 9.95. The average Bonchev–Trinajstić information content (AvgIpc) is 3.35. The number of piperidine rings is 1. The SMILES string of the molecule is C[C@H](C(=O)N1CCCC[C@@H]1c1cccnc1)N1C(=O)/C(=C\c2cccs2)SC1=S. The van der Waals surface area contributed by atoms with Crippen molar-refractivity contribution in [2.75, 3.05) is 6.54 Å². The van der Waals surface area contributed by atoms with Gasteiger partial charge < -0.3 is 4.90 Å². The van der Waals surface area contributed by atoms with E-state index in [1.165, 1.54) is 16.7 Å². The Bertz CT molecular complexity index is 943. The summed E-state index contributed by atoms with van der Waals surface area (Å²) in [6.45, 7) is 2.46. The molecule has 0 radical (unpaired) electrons. The van der Waals surface area contributed by atoms with Gasteiger partial charge in [0.25, 0.3) is 5.91 Å². The van der Waals surface area contributed by atoms with Crippen molar-refractivity contribution in [3.63, 3.8) is 0 Å². The average molecular weight is 444 g/mol. The van der Waals surface area contributed by atoms with Crippen LogP contribution in [0, 0.1) is 0 Å². The van der Waals surface area contributed by atoms with Crippen LogP contribution in [-0.2, 0) is 9.59 Å². The molecule has 0 unspecified atom stereocenters. The monoisotopic (exact) mass is 443 g/mol. The maximum Gasteiger partial charge on any atom is 0.266 e. The van der Waals surface area contributed by atoms with E-state index in [0.717, 1.165) is 29.7 Å². The second kappa shape index (κ2) is 8.77. The van der Waals surface area contributed by atoms with Crippen molar-refractivity contribution in [1.82, 2.24) is 14.8 Å². The van der Waals surface area contributed by atoms with Gasteiger partial charge in [0.05, 0.1) is 10.9 Å². The van der Waals surface area contributed by atoms with Crippen molar-refractivity contribution in [3.05, 3.63) is 57.4 Å². The molecule has 2 aliphatic heterocycles. The minimum atomic E-state index is -0.631. The van der Waals surface area contributed by atoms with Crippen LogP contribution in [0.3, 0.4) is 0 Å². The molecular formula is C21H21N3O2S3. The molecular weight excluding hydrogens is 422 g/mol. The van der Waals surface area contributed by atoms with Gasteiger partial charge in [-0.15, -0.1) is 11.3 Å². The fraction of sp³-hybridized carbons (Fsp3) is 0.333. The van der Waals surface area contributed by atoms with Gasteiger partial charge in [-0.3, -0.25) is 19.5 Å². The smallest absolute Gasteiger partial charge is 0.266 e. The van der Waals surface area contributed by atoms with Gasteiger partial charge in [0, 0.05) is 23.8 Å². The Morgan fingerprint density at radius 2 is 2.21 bits per heavy atom. The number of likely N-dealkylation sites (tertiary alicyclic amines) is 1. The zero-order valence-electron chi connectivity index (χ0n) is 16.0. The first kappa shape index (κ1) is 20.3. The molecule has 5 nitrogen and oxygen atoms in total. The van der Waals surface area contributed by atoms with E-state index < -0.39 is 6.04 Å². The molecule has 0 N–H and O–H groups in total. The quantitative estimate of drug-likeness (QED) is 0.515. The predicted molar refractivity (Wildman–Crippen MR) is 121 cm³/mol. The van der Waals surface area contributed by atoms with Crippen LogP contribution < -0.4 is 0 Å². The second-order valence-electron chi connectivity index (χ2n) is 7.07. The van der Waals surface area contributed by atoms with Crippen molar-refractivity contribution < 1.29 is 9.59 Å². The number of thioether (sulfide) groups is 1. The topological polar surface area (TPSA) is 53.5 Å². The summed E-state index contributed by atoms with van der Waals surface area (Å²) in [6.07, 6.45) is 8.35. The highest BCUT2D eigenvalue weighted by Crippen LogP contribution is 2.36. The van der Waals surface area contributed by atoms with Crippen LogP contribution in [0.4, 0.5) is 0 Å². The Morgan fingerprint density at radius 3 is 2.93 bits per heavy atom. The Labute approximate surface area is 183 Å². The number of hydrogen-bond acceptors (Lipinski definition) is 6. The van der Waals surface area contributed by atoms with Crippen molar-refractivity contribution in [3.8, 4) is 0 Å². The van der Waals surface area contributed by atoms with Crippen molar-refractivity contribution in [2.24, 2.45) is 0 Å². The number of thiocarbonyl (C=S) groups is 1. The molecule has 2 aromatic heterocycles. The van der Waals surface area contributed by atoms with Crippen LogP contribution in [0.15, 0.2) is 46.9 Å². The van der Waals surface area contributed by atoms with Gasteiger partial charge >= 0.3 is 0 Å². The summed E-state index contributed by atoms with van der Waals surface area (Å²) >= 11 is 8.29. The maximum atomic E-state index is 13.4. The molecule has 8 heteroatoms. The van der Waals surface area contributed by atoms with E-state index >= 15 is 0 Å². The van der Waals surface area contributed by atoms with E-state index in [1.807, 2.05) is 46.8 Å². The van der Waals surface area contributed by atoms with Crippen molar-refractivity contribution in [1.29, 1.82) is 0 Å². The summed E-state index contributed by atoms with van der Waals surface area (Å²) in [5.74, 6) is -0.253. The summed E-state index contributed by atoms with van der Waals surface area (Å²) < 4.78 is 0.439. The standard InChI is InChI=1S/C21H21N3O2S3/c1-14(24-20(26)18(29-21(24)27)12-16-7-5-11-28-16)19(25)23-10-3-2-8-17(23)15-6-4-9-22-13-15/h4-7,9,11-14,17H,2-3,8,10H2,1H3/b18-12+/t14-,17-/m1/s1. The first-order valence-electron chi connectivity index (χ1n) is 9.57. The molecule has 0 spiro atoms. The molecule has 2 aromatic rings. The largest absolute Gasteiger partial charge is 0.334 e. The molecule has 0 aliphatic carbocycles. The third kappa shape index (κ3) is 4.15. The molecule has 2 atom stereocenters. The van der Waals surface area contributed by atoms with Gasteiger partial charge in [0.2, 0.25) is 5.91 Å². The van der Waals surface area contributed by atoms with Gasteiger partial charge in [-0.05, 0) is 55.3 Å². The molecule has 0 aromatic carbocycles. The molecule has 2 amide bonds. The molecule has 4 heterocycles. The summed E-state index contributed by atoms with van der Waals surface area (Å²) in [6, 6.07) is 7.17. The van der Waals surface area contributed by atoms with E-state index in [-0.39, 0.29) is 17.9 Å².